The molecule has 0 unspecified atom stereocenters. The van der Waals surface area contributed by atoms with E-state index in [0.717, 1.165) is 11.5 Å². The highest BCUT2D eigenvalue weighted by Gasteiger charge is 2.07. The molecule has 2 aromatic rings. The summed E-state index contributed by atoms with van der Waals surface area (Å²) in [6, 6.07) is 8.73. The molecule has 100 valence electrons. The first kappa shape index (κ1) is 12.9. The van der Waals surface area contributed by atoms with Crippen LogP contribution < -0.4 is 14.8 Å². The van der Waals surface area contributed by atoms with Crippen molar-refractivity contribution in [3.8, 4) is 11.5 Å². The van der Waals surface area contributed by atoms with E-state index in [0.29, 0.717) is 13.2 Å². The molecule has 1 heterocycles. The van der Waals surface area contributed by atoms with Crippen molar-refractivity contribution >= 4 is 5.91 Å². The third-order valence-electron chi connectivity index (χ3n) is 2.39. The number of carbonyl (C=O) groups is 1. The smallest absolute Gasteiger partial charge is 0.273 e. The number of hydrogen-bond acceptors (Lipinski definition) is 5. The first-order valence-electron chi connectivity index (χ1n) is 5.75. The topological polar surface area (TPSA) is 73.6 Å². The van der Waals surface area contributed by atoms with Gasteiger partial charge in [0.1, 0.15) is 24.4 Å². The second-order valence-electron chi connectivity index (χ2n) is 3.66. The fourth-order valence-corrected chi connectivity index (χ4v) is 1.43. The summed E-state index contributed by atoms with van der Waals surface area (Å²) < 4.78 is 15.1. The van der Waals surface area contributed by atoms with Crippen molar-refractivity contribution in [1.29, 1.82) is 0 Å². The molecular weight excluding hydrogens is 248 g/mol. The summed E-state index contributed by atoms with van der Waals surface area (Å²) in [4.78, 5) is 11.5. The van der Waals surface area contributed by atoms with Gasteiger partial charge in [-0.1, -0.05) is 5.16 Å². The highest BCUT2D eigenvalue weighted by molar-refractivity contribution is 5.91. The second kappa shape index (κ2) is 6.44. The van der Waals surface area contributed by atoms with E-state index in [1.54, 1.807) is 19.2 Å². The van der Waals surface area contributed by atoms with Crippen LogP contribution in [0, 0.1) is 0 Å². The van der Waals surface area contributed by atoms with Gasteiger partial charge < -0.3 is 19.3 Å². The minimum atomic E-state index is -0.285. The van der Waals surface area contributed by atoms with E-state index in [9.17, 15) is 4.79 Å². The van der Waals surface area contributed by atoms with Gasteiger partial charge in [-0.3, -0.25) is 4.79 Å². The molecule has 1 aromatic heterocycles. The molecule has 0 radical (unpaired) electrons. The number of carbonyl (C=O) groups excluding carboxylic acids is 1. The Morgan fingerprint density at radius 1 is 1.26 bits per heavy atom. The molecule has 0 saturated heterocycles. The number of benzene rings is 1. The fraction of sp³-hybridized carbons (Fsp3) is 0.231. The summed E-state index contributed by atoms with van der Waals surface area (Å²) in [6.07, 6.45) is 1.35. The van der Waals surface area contributed by atoms with Gasteiger partial charge in [-0.15, -0.1) is 0 Å². The van der Waals surface area contributed by atoms with E-state index < -0.39 is 0 Å². The highest BCUT2D eigenvalue weighted by atomic mass is 16.5. The van der Waals surface area contributed by atoms with Gasteiger partial charge in [0.15, 0.2) is 5.69 Å². The standard InChI is InChI=1S/C13H14N2O4/c1-17-10-2-4-11(5-3-10)18-9-7-14-13(16)12-6-8-19-15-12/h2-6,8H,7,9H2,1H3,(H,14,16). The Labute approximate surface area is 110 Å². The van der Waals surface area contributed by atoms with Crippen molar-refractivity contribution in [1.82, 2.24) is 10.5 Å². The van der Waals surface area contributed by atoms with Crippen molar-refractivity contribution in [2.75, 3.05) is 20.3 Å². The molecule has 0 bridgehead atoms. The number of aromatic nitrogens is 1. The molecule has 2 rings (SSSR count). The maximum Gasteiger partial charge on any atom is 0.273 e. The van der Waals surface area contributed by atoms with Gasteiger partial charge in [0.2, 0.25) is 0 Å². The third-order valence-corrected chi connectivity index (χ3v) is 2.39. The minimum Gasteiger partial charge on any atom is -0.497 e. The van der Waals surface area contributed by atoms with Gasteiger partial charge in [-0.25, -0.2) is 0 Å². The molecule has 1 aromatic carbocycles. The third kappa shape index (κ3) is 3.74. The zero-order valence-corrected chi connectivity index (χ0v) is 10.5. The Balaban J connectivity index is 1.70. The largest absolute Gasteiger partial charge is 0.497 e. The molecule has 0 atom stereocenters. The highest BCUT2D eigenvalue weighted by Crippen LogP contribution is 2.16. The molecule has 6 heteroatoms. The van der Waals surface area contributed by atoms with E-state index >= 15 is 0 Å². The van der Waals surface area contributed by atoms with Gasteiger partial charge in [0.05, 0.1) is 13.7 Å². The van der Waals surface area contributed by atoms with E-state index in [-0.39, 0.29) is 11.6 Å². The predicted octanol–water partition coefficient (Wildman–Crippen LogP) is 1.49. The Morgan fingerprint density at radius 2 is 2.00 bits per heavy atom. The number of amides is 1. The number of hydrogen-bond donors (Lipinski definition) is 1. The van der Waals surface area contributed by atoms with Crippen LogP contribution in [0.3, 0.4) is 0 Å². The van der Waals surface area contributed by atoms with E-state index in [1.807, 2.05) is 12.1 Å². The summed E-state index contributed by atoms with van der Waals surface area (Å²) in [5, 5.41) is 6.20. The van der Waals surface area contributed by atoms with Crippen LogP contribution in [0.15, 0.2) is 41.1 Å². The lowest BCUT2D eigenvalue weighted by Gasteiger charge is -2.07. The van der Waals surface area contributed by atoms with E-state index in [2.05, 4.69) is 15.0 Å². The molecule has 0 aliphatic rings. The van der Waals surface area contributed by atoms with Crippen LogP contribution in [0.4, 0.5) is 0 Å². The average molecular weight is 262 g/mol. The van der Waals surface area contributed by atoms with Crippen LogP contribution in [-0.4, -0.2) is 31.3 Å². The summed E-state index contributed by atoms with van der Waals surface area (Å²) in [5.74, 6) is 1.20. The number of rotatable bonds is 6. The van der Waals surface area contributed by atoms with Crippen LogP contribution >= 0.6 is 0 Å². The predicted molar refractivity (Wildman–Crippen MR) is 67.3 cm³/mol. The van der Waals surface area contributed by atoms with Crippen LogP contribution in [0.2, 0.25) is 0 Å². The molecule has 0 fully saturated rings. The molecule has 0 aliphatic heterocycles. The minimum absolute atomic E-state index is 0.254. The van der Waals surface area contributed by atoms with Crippen molar-refractivity contribution in [2.24, 2.45) is 0 Å². The maximum absolute atomic E-state index is 11.5. The normalized spacial score (nSPS) is 9.95. The summed E-state index contributed by atoms with van der Waals surface area (Å²) in [7, 11) is 1.61. The number of nitrogens with zero attached hydrogens (tertiary/aromatic N) is 1. The molecule has 19 heavy (non-hydrogen) atoms. The first-order chi connectivity index (χ1) is 9.29. The monoisotopic (exact) mass is 262 g/mol. The lowest BCUT2D eigenvalue weighted by atomic mass is 10.3. The van der Waals surface area contributed by atoms with Gasteiger partial charge >= 0.3 is 0 Å². The zero-order chi connectivity index (χ0) is 13.5. The van der Waals surface area contributed by atoms with Crippen LogP contribution in [0.25, 0.3) is 0 Å². The number of nitrogens with one attached hydrogen (secondary N) is 1. The van der Waals surface area contributed by atoms with Crippen LogP contribution in [0.5, 0.6) is 11.5 Å². The van der Waals surface area contributed by atoms with Crippen molar-refractivity contribution in [2.45, 2.75) is 0 Å². The Morgan fingerprint density at radius 3 is 2.63 bits per heavy atom. The Hall–Kier alpha value is -2.50. The van der Waals surface area contributed by atoms with E-state index in [4.69, 9.17) is 9.47 Å². The second-order valence-corrected chi connectivity index (χ2v) is 3.66. The molecule has 1 amide bonds. The van der Waals surface area contributed by atoms with Gasteiger partial charge in [0, 0.05) is 6.07 Å². The Kier molecular flexibility index (Phi) is 4.39. The molecule has 0 aliphatic carbocycles. The fourth-order valence-electron chi connectivity index (χ4n) is 1.43. The first-order valence-corrected chi connectivity index (χ1v) is 5.75. The summed E-state index contributed by atoms with van der Waals surface area (Å²) in [5.41, 5.74) is 0.254. The lowest BCUT2D eigenvalue weighted by Crippen LogP contribution is -2.28. The van der Waals surface area contributed by atoms with Crippen molar-refractivity contribution in [3.63, 3.8) is 0 Å². The molecule has 0 saturated carbocycles. The van der Waals surface area contributed by atoms with Gasteiger partial charge in [-0.05, 0) is 24.3 Å². The molecular formula is C13H14N2O4. The number of methoxy groups -OCH3 is 1. The van der Waals surface area contributed by atoms with E-state index in [1.165, 1.54) is 12.3 Å². The number of ether oxygens (including phenoxy) is 2. The van der Waals surface area contributed by atoms with Crippen LogP contribution in [0.1, 0.15) is 10.5 Å². The molecule has 6 nitrogen and oxygen atoms in total. The van der Waals surface area contributed by atoms with Crippen molar-refractivity contribution in [3.05, 3.63) is 42.3 Å². The quantitative estimate of drug-likeness (QED) is 0.798. The summed E-state index contributed by atoms with van der Waals surface area (Å²) >= 11 is 0. The summed E-state index contributed by atoms with van der Waals surface area (Å²) in [6.45, 7) is 0.758. The van der Waals surface area contributed by atoms with Crippen molar-refractivity contribution < 1.29 is 18.8 Å². The zero-order valence-electron chi connectivity index (χ0n) is 10.5. The lowest BCUT2D eigenvalue weighted by molar-refractivity contribution is 0.0938. The SMILES string of the molecule is COc1ccc(OCCNC(=O)c2ccon2)cc1. The van der Waals surface area contributed by atoms with Gasteiger partial charge in [-0.2, -0.15) is 0 Å². The van der Waals surface area contributed by atoms with Crippen LogP contribution in [-0.2, 0) is 0 Å². The maximum atomic E-state index is 11.5. The molecule has 1 N–H and O–H groups in total. The average Bonchev–Trinajstić information content (AvgIpc) is 2.98. The molecule has 0 spiro atoms. The van der Waals surface area contributed by atoms with Gasteiger partial charge in [0.25, 0.3) is 5.91 Å². The Bertz CT molecular complexity index is 508.